The highest BCUT2D eigenvalue weighted by Crippen LogP contribution is 2.23. The molecule has 0 saturated carbocycles. The van der Waals surface area contributed by atoms with E-state index in [4.69, 9.17) is 17.3 Å². The summed E-state index contributed by atoms with van der Waals surface area (Å²) in [6.07, 6.45) is 1.54. The summed E-state index contributed by atoms with van der Waals surface area (Å²) in [6, 6.07) is 12.4. The van der Waals surface area contributed by atoms with Crippen molar-refractivity contribution in [1.29, 1.82) is 0 Å². The molecule has 0 aliphatic carbocycles. The van der Waals surface area contributed by atoms with Crippen LogP contribution in [0.2, 0.25) is 5.02 Å². The second-order valence-corrected chi connectivity index (χ2v) is 5.05. The third-order valence-electron chi connectivity index (χ3n) is 3.26. The summed E-state index contributed by atoms with van der Waals surface area (Å²) < 4.78 is 13.2. The van der Waals surface area contributed by atoms with Gasteiger partial charge in [0.25, 0.3) is 0 Å². The molecule has 0 heterocycles. The van der Waals surface area contributed by atoms with E-state index in [1.165, 1.54) is 17.7 Å². The number of rotatable bonds is 4. The Labute approximate surface area is 118 Å². The van der Waals surface area contributed by atoms with Gasteiger partial charge < -0.3 is 5.73 Å². The minimum atomic E-state index is -0.284. The molecule has 0 aliphatic heterocycles. The van der Waals surface area contributed by atoms with E-state index in [0.717, 1.165) is 17.5 Å². The highest BCUT2D eigenvalue weighted by molar-refractivity contribution is 6.31. The summed E-state index contributed by atoms with van der Waals surface area (Å²) in [5, 5.41) is 0.557. The van der Waals surface area contributed by atoms with Gasteiger partial charge in [0.15, 0.2) is 0 Å². The first-order valence-corrected chi connectivity index (χ1v) is 6.76. The fourth-order valence-corrected chi connectivity index (χ4v) is 2.25. The van der Waals surface area contributed by atoms with Gasteiger partial charge in [-0.15, -0.1) is 0 Å². The Balaban J connectivity index is 2.15. The first-order chi connectivity index (χ1) is 9.10. The quantitative estimate of drug-likeness (QED) is 0.887. The predicted molar refractivity (Wildman–Crippen MR) is 77.9 cm³/mol. The number of nitrogens with two attached hydrogens (primary N) is 1. The Morgan fingerprint density at radius 1 is 1.16 bits per heavy atom. The topological polar surface area (TPSA) is 26.0 Å². The molecule has 0 fully saturated rings. The van der Waals surface area contributed by atoms with E-state index in [-0.39, 0.29) is 11.9 Å². The van der Waals surface area contributed by atoms with Crippen LogP contribution in [0.4, 0.5) is 4.39 Å². The van der Waals surface area contributed by atoms with Crippen molar-refractivity contribution in [3.63, 3.8) is 0 Å². The van der Waals surface area contributed by atoms with E-state index in [9.17, 15) is 4.39 Å². The van der Waals surface area contributed by atoms with Crippen molar-refractivity contribution in [3.8, 4) is 0 Å². The van der Waals surface area contributed by atoms with Crippen molar-refractivity contribution in [2.45, 2.75) is 25.8 Å². The summed E-state index contributed by atoms with van der Waals surface area (Å²) >= 11 is 6.05. The van der Waals surface area contributed by atoms with Gasteiger partial charge in [0.05, 0.1) is 0 Å². The third kappa shape index (κ3) is 3.55. The fraction of sp³-hybridized carbons (Fsp3) is 0.250. The molecule has 0 bridgehead atoms. The van der Waals surface area contributed by atoms with Crippen LogP contribution in [0.5, 0.6) is 0 Å². The van der Waals surface area contributed by atoms with Crippen LogP contribution in [0.3, 0.4) is 0 Å². The van der Waals surface area contributed by atoms with Gasteiger partial charge in [-0.3, -0.25) is 0 Å². The normalized spacial score (nSPS) is 12.4. The molecular formula is C16H17ClFN. The number of hydrogen-bond acceptors (Lipinski definition) is 1. The van der Waals surface area contributed by atoms with E-state index >= 15 is 0 Å². The van der Waals surface area contributed by atoms with Crippen LogP contribution in [-0.4, -0.2) is 0 Å². The van der Waals surface area contributed by atoms with Gasteiger partial charge in [0, 0.05) is 11.1 Å². The zero-order valence-corrected chi connectivity index (χ0v) is 11.6. The van der Waals surface area contributed by atoms with E-state index < -0.39 is 0 Å². The second-order valence-electron chi connectivity index (χ2n) is 4.64. The van der Waals surface area contributed by atoms with Gasteiger partial charge in [-0.2, -0.15) is 0 Å². The van der Waals surface area contributed by atoms with Crippen molar-refractivity contribution in [3.05, 3.63) is 70.0 Å². The number of halogens is 2. The zero-order chi connectivity index (χ0) is 13.8. The molecule has 0 aliphatic rings. The molecule has 0 amide bonds. The minimum absolute atomic E-state index is 0.176. The van der Waals surface area contributed by atoms with Crippen LogP contribution in [0, 0.1) is 5.82 Å². The maximum Gasteiger partial charge on any atom is 0.123 e. The minimum Gasteiger partial charge on any atom is -0.324 e. The molecule has 19 heavy (non-hydrogen) atoms. The van der Waals surface area contributed by atoms with E-state index in [0.29, 0.717) is 11.4 Å². The van der Waals surface area contributed by atoms with E-state index in [2.05, 4.69) is 19.1 Å². The SMILES string of the molecule is CCc1ccc(C(N)Cc2cc(F)ccc2Cl)cc1. The Kier molecular flexibility index (Phi) is 4.56. The lowest BCUT2D eigenvalue weighted by Crippen LogP contribution is -2.13. The van der Waals surface area contributed by atoms with Crippen molar-refractivity contribution >= 4 is 11.6 Å². The average Bonchev–Trinajstić information content (AvgIpc) is 2.43. The molecule has 100 valence electrons. The lowest BCUT2D eigenvalue weighted by molar-refractivity contribution is 0.622. The first kappa shape index (κ1) is 14.0. The van der Waals surface area contributed by atoms with Crippen LogP contribution in [0.15, 0.2) is 42.5 Å². The van der Waals surface area contributed by atoms with Gasteiger partial charge in [-0.1, -0.05) is 42.8 Å². The summed E-state index contributed by atoms with van der Waals surface area (Å²) in [7, 11) is 0. The molecule has 0 radical (unpaired) electrons. The van der Waals surface area contributed by atoms with Crippen LogP contribution in [0.25, 0.3) is 0 Å². The van der Waals surface area contributed by atoms with Gasteiger partial charge >= 0.3 is 0 Å². The van der Waals surface area contributed by atoms with Crippen LogP contribution in [-0.2, 0) is 12.8 Å². The summed E-state index contributed by atoms with van der Waals surface area (Å²) in [5.41, 5.74) is 9.22. The van der Waals surface area contributed by atoms with Crippen molar-refractivity contribution in [2.24, 2.45) is 5.73 Å². The third-order valence-corrected chi connectivity index (χ3v) is 3.63. The van der Waals surface area contributed by atoms with E-state index in [1.54, 1.807) is 6.07 Å². The monoisotopic (exact) mass is 277 g/mol. The molecular weight excluding hydrogens is 261 g/mol. The molecule has 0 aromatic heterocycles. The van der Waals surface area contributed by atoms with Crippen molar-refractivity contribution in [2.75, 3.05) is 0 Å². The first-order valence-electron chi connectivity index (χ1n) is 6.38. The molecule has 1 nitrogen and oxygen atoms in total. The van der Waals surface area contributed by atoms with E-state index in [1.807, 2.05) is 12.1 Å². The van der Waals surface area contributed by atoms with Gasteiger partial charge in [-0.25, -0.2) is 4.39 Å². The summed E-state index contributed by atoms with van der Waals surface area (Å²) in [5.74, 6) is -0.284. The van der Waals surface area contributed by atoms with Gasteiger partial charge in [-0.05, 0) is 47.7 Å². The average molecular weight is 278 g/mol. The van der Waals surface area contributed by atoms with Gasteiger partial charge in [0.1, 0.15) is 5.82 Å². The number of hydrogen-bond donors (Lipinski definition) is 1. The summed E-state index contributed by atoms with van der Waals surface area (Å²) in [4.78, 5) is 0. The lowest BCUT2D eigenvalue weighted by Gasteiger charge is -2.14. The molecule has 3 heteroatoms. The molecule has 2 N–H and O–H groups in total. The number of benzene rings is 2. The molecule has 0 spiro atoms. The molecule has 1 atom stereocenters. The highest BCUT2D eigenvalue weighted by Gasteiger charge is 2.10. The molecule has 2 rings (SSSR count). The zero-order valence-electron chi connectivity index (χ0n) is 10.9. The largest absolute Gasteiger partial charge is 0.324 e. The van der Waals surface area contributed by atoms with Crippen molar-refractivity contribution in [1.82, 2.24) is 0 Å². The fourth-order valence-electron chi connectivity index (χ4n) is 2.06. The Bertz CT molecular complexity index is 551. The molecule has 2 aromatic carbocycles. The van der Waals surface area contributed by atoms with Crippen LogP contribution in [0.1, 0.15) is 29.7 Å². The standard InChI is InChI=1S/C16H17ClFN/c1-2-11-3-5-12(6-4-11)16(19)10-13-9-14(18)7-8-15(13)17/h3-9,16H,2,10,19H2,1H3. The summed E-state index contributed by atoms with van der Waals surface area (Å²) in [6.45, 7) is 2.11. The maximum atomic E-state index is 13.2. The highest BCUT2D eigenvalue weighted by atomic mass is 35.5. The predicted octanol–water partition coefficient (Wildman–Crippen LogP) is 4.28. The Morgan fingerprint density at radius 3 is 2.47 bits per heavy atom. The second kappa shape index (κ2) is 6.18. The number of aryl methyl sites for hydroxylation is 1. The maximum absolute atomic E-state index is 13.2. The molecule has 2 aromatic rings. The van der Waals surface area contributed by atoms with Gasteiger partial charge in [0.2, 0.25) is 0 Å². The lowest BCUT2D eigenvalue weighted by atomic mass is 9.98. The Hall–Kier alpha value is -1.38. The molecule has 0 saturated heterocycles. The van der Waals surface area contributed by atoms with Crippen LogP contribution >= 0.6 is 11.6 Å². The smallest absolute Gasteiger partial charge is 0.123 e. The van der Waals surface area contributed by atoms with Crippen molar-refractivity contribution < 1.29 is 4.39 Å². The Morgan fingerprint density at radius 2 is 1.84 bits per heavy atom. The molecule has 1 unspecified atom stereocenters. The van der Waals surface area contributed by atoms with Crippen LogP contribution < -0.4 is 5.73 Å².